The molecule has 0 fully saturated rings. The average Bonchev–Trinajstić information content (AvgIpc) is 1.94. The molecule has 0 N–H and O–H groups in total. The molecule has 1 aliphatic carbocycles. The summed E-state index contributed by atoms with van der Waals surface area (Å²) in [6.07, 6.45) is 4.53. The molecule has 1 aliphatic rings. The highest BCUT2D eigenvalue weighted by atomic mass is 35.5. The maximum Gasteiger partial charge on any atom is 0.0426 e. The van der Waals surface area contributed by atoms with Crippen LogP contribution in [0.1, 0.15) is 33.6 Å². The Kier molecular flexibility index (Phi) is 2.78. The summed E-state index contributed by atoms with van der Waals surface area (Å²) in [6.45, 7) is 6.50. The lowest BCUT2D eigenvalue weighted by Crippen LogP contribution is -2.01. The van der Waals surface area contributed by atoms with Crippen LogP contribution in [0.5, 0.6) is 0 Å². The summed E-state index contributed by atoms with van der Waals surface area (Å²) < 4.78 is 0. The van der Waals surface area contributed by atoms with E-state index in [9.17, 15) is 0 Å². The van der Waals surface area contributed by atoms with E-state index in [2.05, 4.69) is 26.8 Å². The molecule has 0 unspecified atom stereocenters. The van der Waals surface area contributed by atoms with Crippen LogP contribution in [0, 0.1) is 5.92 Å². The molecule has 11 heavy (non-hydrogen) atoms. The van der Waals surface area contributed by atoms with Gasteiger partial charge < -0.3 is 0 Å². The van der Waals surface area contributed by atoms with Crippen LogP contribution >= 0.6 is 11.6 Å². The normalized spacial score (nSPS) is 19.2. The molecule has 0 aromatic heterocycles. The van der Waals surface area contributed by atoms with Gasteiger partial charge in [0.05, 0.1) is 0 Å². The van der Waals surface area contributed by atoms with Crippen LogP contribution < -0.4 is 0 Å². The predicted molar refractivity (Wildman–Crippen MR) is 50.7 cm³/mol. The third kappa shape index (κ3) is 1.87. The zero-order chi connectivity index (χ0) is 8.43. The van der Waals surface area contributed by atoms with Gasteiger partial charge in [-0.3, -0.25) is 0 Å². The van der Waals surface area contributed by atoms with Crippen LogP contribution in [0.4, 0.5) is 0 Å². The highest BCUT2D eigenvalue weighted by molar-refractivity contribution is 6.32. The maximum atomic E-state index is 6.14. The van der Waals surface area contributed by atoms with Crippen molar-refractivity contribution in [1.29, 1.82) is 0 Å². The van der Waals surface area contributed by atoms with Crippen LogP contribution in [0.15, 0.2) is 22.3 Å². The average molecular weight is 171 g/mol. The Morgan fingerprint density at radius 3 is 2.55 bits per heavy atom. The number of rotatable bonds is 1. The second-order valence-corrected chi connectivity index (χ2v) is 3.80. The van der Waals surface area contributed by atoms with Gasteiger partial charge >= 0.3 is 0 Å². The molecule has 0 atom stereocenters. The quantitative estimate of drug-likeness (QED) is 0.561. The molecule has 0 saturated heterocycles. The first kappa shape index (κ1) is 8.86. The molecule has 0 nitrogen and oxygen atoms in total. The largest absolute Gasteiger partial charge is 0.0841 e. The lowest BCUT2D eigenvalue weighted by Gasteiger charge is -2.18. The minimum atomic E-state index is 0.603. The summed E-state index contributed by atoms with van der Waals surface area (Å²) in [6, 6.07) is 0. The van der Waals surface area contributed by atoms with Gasteiger partial charge in [0.1, 0.15) is 0 Å². The number of halogens is 1. The first-order chi connectivity index (χ1) is 5.13. The Morgan fingerprint density at radius 2 is 2.09 bits per heavy atom. The second-order valence-electron chi connectivity index (χ2n) is 3.42. The number of allylic oxidation sites excluding steroid dienone is 4. The van der Waals surface area contributed by atoms with E-state index in [4.69, 9.17) is 11.6 Å². The predicted octanol–water partition coefficient (Wildman–Crippen LogP) is 3.88. The molecule has 0 bridgehead atoms. The van der Waals surface area contributed by atoms with E-state index in [1.807, 2.05) is 0 Å². The number of hydrogen-bond donors (Lipinski definition) is 0. The molecule has 62 valence electrons. The molecule has 1 heteroatoms. The minimum absolute atomic E-state index is 0.603. The molecule has 0 saturated carbocycles. The van der Waals surface area contributed by atoms with Gasteiger partial charge in [0.25, 0.3) is 0 Å². The SMILES string of the molecule is CC1=CCCC(C(C)C)=C1Cl. The van der Waals surface area contributed by atoms with Gasteiger partial charge in [0.2, 0.25) is 0 Å². The van der Waals surface area contributed by atoms with Crippen LogP contribution in [-0.2, 0) is 0 Å². The van der Waals surface area contributed by atoms with Crippen molar-refractivity contribution in [2.24, 2.45) is 5.92 Å². The fourth-order valence-corrected chi connectivity index (χ4v) is 1.83. The van der Waals surface area contributed by atoms with Gasteiger partial charge in [-0.15, -0.1) is 0 Å². The molecule has 0 heterocycles. The van der Waals surface area contributed by atoms with Crippen molar-refractivity contribution in [2.45, 2.75) is 33.6 Å². The van der Waals surface area contributed by atoms with Gasteiger partial charge in [-0.05, 0) is 36.8 Å². The van der Waals surface area contributed by atoms with Crippen molar-refractivity contribution in [2.75, 3.05) is 0 Å². The van der Waals surface area contributed by atoms with Crippen molar-refractivity contribution in [1.82, 2.24) is 0 Å². The van der Waals surface area contributed by atoms with E-state index in [0.717, 1.165) is 17.9 Å². The second kappa shape index (κ2) is 3.44. The van der Waals surface area contributed by atoms with Crippen LogP contribution in [0.2, 0.25) is 0 Å². The summed E-state index contributed by atoms with van der Waals surface area (Å²) in [5.74, 6) is 0.603. The Balaban J connectivity index is 2.91. The van der Waals surface area contributed by atoms with Gasteiger partial charge in [0.15, 0.2) is 0 Å². The molecular formula is C10H15Cl. The topological polar surface area (TPSA) is 0 Å². The van der Waals surface area contributed by atoms with Crippen molar-refractivity contribution in [3.05, 3.63) is 22.3 Å². The zero-order valence-electron chi connectivity index (χ0n) is 7.45. The van der Waals surface area contributed by atoms with Gasteiger partial charge in [0, 0.05) is 5.03 Å². The van der Waals surface area contributed by atoms with E-state index >= 15 is 0 Å². The van der Waals surface area contributed by atoms with E-state index < -0.39 is 0 Å². The van der Waals surface area contributed by atoms with Crippen molar-refractivity contribution < 1.29 is 0 Å². The van der Waals surface area contributed by atoms with E-state index in [-0.39, 0.29) is 0 Å². The molecule has 0 aliphatic heterocycles. The summed E-state index contributed by atoms with van der Waals surface area (Å²) in [7, 11) is 0. The maximum absolute atomic E-state index is 6.14. The van der Waals surface area contributed by atoms with Crippen LogP contribution in [-0.4, -0.2) is 0 Å². The van der Waals surface area contributed by atoms with E-state index in [1.165, 1.54) is 11.1 Å². The first-order valence-electron chi connectivity index (χ1n) is 4.18. The summed E-state index contributed by atoms with van der Waals surface area (Å²) >= 11 is 6.14. The highest BCUT2D eigenvalue weighted by Crippen LogP contribution is 2.32. The molecule has 1 rings (SSSR count). The fourth-order valence-electron chi connectivity index (χ4n) is 1.44. The standard InChI is InChI=1S/C10H15Cl/c1-7(2)9-6-4-5-8(3)10(9)11/h5,7H,4,6H2,1-3H3. The van der Waals surface area contributed by atoms with Crippen molar-refractivity contribution >= 4 is 11.6 Å². The molecular weight excluding hydrogens is 156 g/mol. The lowest BCUT2D eigenvalue weighted by atomic mass is 9.92. The summed E-state index contributed by atoms with van der Waals surface area (Å²) in [4.78, 5) is 0. The van der Waals surface area contributed by atoms with Crippen molar-refractivity contribution in [3.8, 4) is 0 Å². The summed E-state index contributed by atoms with van der Waals surface area (Å²) in [5.41, 5.74) is 2.67. The van der Waals surface area contributed by atoms with E-state index in [0.29, 0.717) is 5.92 Å². The van der Waals surface area contributed by atoms with Gasteiger partial charge in [-0.2, -0.15) is 0 Å². The Morgan fingerprint density at radius 1 is 1.45 bits per heavy atom. The van der Waals surface area contributed by atoms with Crippen LogP contribution in [0.3, 0.4) is 0 Å². The first-order valence-corrected chi connectivity index (χ1v) is 4.56. The third-order valence-electron chi connectivity index (χ3n) is 2.19. The van der Waals surface area contributed by atoms with Gasteiger partial charge in [-0.1, -0.05) is 31.5 Å². The zero-order valence-corrected chi connectivity index (χ0v) is 8.20. The molecule has 0 amide bonds. The lowest BCUT2D eigenvalue weighted by molar-refractivity contribution is 0.702. The minimum Gasteiger partial charge on any atom is -0.0841 e. The van der Waals surface area contributed by atoms with Crippen LogP contribution in [0.25, 0.3) is 0 Å². The fraction of sp³-hybridized carbons (Fsp3) is 0.600. The van der Waals surface area contributed by atoms with E-state index in [1.54, 1.807) is 0 Å². The number of hydrogen-bond acceptors (Lipinski definition) is 0. The summed E-state index contributed by atoms with van der Waals surface area (Å²) in [5, 5.41) is 1.01. The Bertz CT molecular complexity index is 209. The molecule has 0 aromatic carbocycles. The highest BCUT2D eigenvalue weighted by Gasteiger charge is 2.13. The molecule has 0 spiro atoms. The smallest absolute Gasteiger partial charge is 0.0426 e. The Hall–Kier alpha value is -0.230. The molecule has 0 aromatic rings. The van der Waals surface area contributed by atoms with Crippen molar-refractivity contribution in [3.63, 3.8) is 0 Å². The Labute approximate surface area is 73.9 Å². The third-order valence-corrected chi connectivity index (χ3v) is 2.73. The van der Waals surface area contributed by atoms with Gasteiger partial charge in [-0.25, -0.2) is 0 Å². The monoisotopic (exact) mass is 170 g/mol. The molecule has 0 radical (unpaired) electrons.